The number of nitrogens with zero attached hydrogens (tertiary/aromatic N) is 2. The second-order valence-corrected chi connectivity index (χ2v) is 3.81. The fourth-order valence-electron chi connectivity index (χ4n) is 1.12. The van der Waals surface area contributed by atoms with Crippen LogP contribution in [-0.2, 0) is 0 Å². The van der Waals surface area contributed by atoms with Crippen LogP contribution >= 0.6 is 15.9 Å². The normalized spacial score (nSPS) is 11.5. The first-order valence-corrected chi connectivity index (χ1v) is 5.47. The molecule has 0 aliphatic rings. The summed E-state index contributed by atoms with van der Waals surface area (Å²) in [5.74, 6) is -0.689. The first kappa shape index (κ1) is 13.0. The monoisotopic (exact) mass is 299 g/mol. The molecule has 0 spiro atoms. The number of carbonyl (C=O) groups is 1. The van der Waals surface area contributed by atoms with Crippen molar-refractivity contribution < 1.29 is 18.0 Å². The van der Waals surface area contributed by atoms with Gasteiger partial charge in [-0.3, -0.25) is 9.89 Å². The fourth-order valence-corrected chi connectivity index (χ4v) is 1.55. The summed E-state index contributed by atoms with van der Waals surface area (Å²) >= 11 is 3.00. The van der Waals surface area contributed by atoms with Crippen LogP contribution < -0.4 is 0 Å². The molecule has 1 aromatic rings. The van der Waals surface area contributed by atoms with E-state index in [0.29, 0.717) is 0 Å². The molecule has 0 saturated carbocycles. The highest BCUT2D eigenvalue weighted by molar-refractivity contribution is 9.09. The molecule has 4 nitrogen and oxygen atoms in total. The topological polar surface area (TPSA) is 49.0 Å². The summed E-state index contributed by atoms with van der Waals surface area (Å²) in [6.45, 7) is -1.27. The quantitative estimate of drug-likeness (QED) is 0.862. The third kappa shape index (κ3) is 3.84. The van der Waals surface area contributed by atoms with E-state index >= 15 is 0 Å². The molecule has 90 valence electrons. The average Bonchev–Trinajstić information content (AvgIpc) is 2.66. The highest BCUT2D eigenvalue weighted by Gasteiger charge is 2.33. The number of aromatic amines is 1. The molecule has 1 aromatic heterocycles. The van der Waals surface area contributed by atoms with Gasteiger partial charge in [0.05, 0.1) is 11.8 Å². The Balaban J connectivity index is 2.74. The number of amides is 1. The van der Waals surface area contributed by atoms with Gasteiger partial charge in [0.15, 0.2) is 0 Å². The number of hydrogen-bond donors (Lipinski definition) is 1. The molecular formula is C8H9BrF3N3O. The van der Waals surface area contributed by atoms with Crippen LogP contribution in [0.2, 0.25) is 0 Å². The zero-order valence-electron chi connectivity index (χ0n) is 8.09. The van der Waals surface area contributed by atoms with Crippen LogP contribution in [0.25, 0.3) is 0 Å². The minimum Gasteiger partial charge on any atom is -0.329 e. The van der Waals surface area contributed by atoms with Crippen molar-refractivity contribution in [1.29, 1.82) is 0 Å². The molecule has 0 radical (unpaired) electrons. The zero-order valence-corrected chi connectivity index (χ0v) is 9.68. The maximum Gasteiger partial charge on any atom is 0.406 e. The number of halogens is 4. The molecule has 0 bridgehead atoms. The molecule has 0 aliphatic heterocycles. The highest BCUT2D eigenvalue weighted by atomic mass is 79.9. The molecule has 0 atom stereocenters. The molecule has 0 aliphatic carbocycles. The molecule has 1 heterocycles. The SMILES string of the molecule is O=C(c1cn[nH]c1)N(CCBr)CC(F)(F)F. The predicted molar refractivity (Wildman–Crippen MR) is 54.3 cm³/mol. The van der Waals surface area contributed by atoms with E-state index < -0.39 is 18.6 Å². The van der Waals surface area contributed by atoms with E-state index in [0.717, 1.165) is 4.90 Å². The Morgan fingerprint density at radius 2 is 2.25 bits per heavy atom. The molecule has 16 heavy (non-hydrogen) atoms. The summed E-state index contributed by atoms with van der Waals surface area (Å²) in [6, 6.07) is 0. The van der Waals surface area contributed by atoms with E-state index in [9.17, 15) is 18.0 Å². The third-order valence-electron chi connectivity index (χ3n) is 1.76. The number of aromatic nitrogens is 2. The Morgan fingerprint density at radius 1 is 1.56 bits per heavy atom. The second kappa shape index (κ2) is 5.33. The maximum atomic E-state index is 12.2. The van der Waals surface area contributed by atoms with E-state index in [1.165, 1.54) is 12.4 Å². The van der Waals surface area contributed by atoms with Crippen molar-refractivity contribution in [3.63, 3.8) is 0 Å². The fraction of sp³-hybridized carbons (Fsp3) is 0.500. The van der Waals surface area contributed by atoms with Crippen molar-refractivity contribution in [3.8, 4) is 0 Å². The molecule has 8 heteroatoms. The molecule has 0 unspecified atom stereocenters. The lowest BCUT2D eigenvalue weighted by Crippen LogP contribution is -2.40. The van der Waals surface area contributed by atoms with Gasteiger partial charge in [0, 0.05) is 18.1 Å². The number of nitrogens with one attached hydrogen (secondary N) is 1. The number of carbonyl (C=O) groups excluding carboxylic acids is 1. The van der Waals surface area contributed by atoms with Gasteiger partial charge in [0.25, 0.3) is 5.91 Å². The maximum absolute atomic E-state index is 12.2. The van der Waals surface area contributed by atoms with E-state index in [1.807, 2.05) is 0 Å². The lowest BCUT2D eigenvalue weighted by atomic mass is 10.3. The van der Waals surface area contributed by atoms with E-state index in [1.54, 1.807) is 0 Å². The molecule has 0 fully saturated rings. The molecule has 1 N–H and O–H groups in total. The van der Waals surface area contributed by atoms with Gasteiger partial charge in [-0.25, -0.2) is 0 Å². The van der Waals surface area contributed by atoms with Gasteiger partial charge in [-0.15, -0.1) is 0 Å². The lowest BCUT2D eigenvalue weighted by molar-refractivity contribution is -0.140. The number of hydrogen-bond acceptors (Lipinski definition) is 2. The van der Waals surface area contributed by atoms with Crippen molar-refractivity contribution in [1.82, 2.24) is 15.1 Å². The largest absolute Gasteiger partial charge is 0.406 e. The molecule has 0 aromatic carbocycles. The highest BCUT2D eigenvalue weighted by Crippen LogP contribution is 2.18. The van der Waals surface area contributed by atoms with Crippen LogP contribution in [0.1, 0.15) is 10.4 Å². The molecule has 1 amide bonds. The van der Waals surface area contributed by atoms with Crippen LogP contribution in [0.5, 0.6) is 0 Å². The summed E-state index contributed by atoms with van der Waals surface area (Å²) < 4.78 is 36.6. The minimum absolute atomic E-state index is 0.0104. The molecule has 1 rings (SSSR count). The van der Waals surface area contributed by atoms with Crippen LogP contribution in [0, 0.1) is 0 Å². The summed E-state index contributed by atoms with van der Waals surface area (Å²) in [6.07, 6.45) is -1.94. The predicted octanol–water partition coefficient (Wildman–Crippen LogP) is 1.81. The Morgan fingerprint density at radius 3 is 2.69 bits per heavy atom. The smallest absolute Gasteiger partial charge is 0.329 e. The Labute approximate surface area is 97.9 Å². The lowest BCUT2D eigenvalue weighted by Gasteiger charge is -2.22. The Bertz CT molecular complexity index is 339. The van der Waals surface area contributed by atoms with Crippen molar-refractivity contribution in [3.05, 3.63) is 18.0 Å². The van der Waals surface area contributed by atoms with Gasteiger partial charge in [-0.05, 0) is 0 Å². The van der Waals surface area contributed by atoms with Crippen molar-refractivity contribution >= 4 is 21.8 Å². The van der Waals surface area contributed by atoms with Gasteiger partial charge in [0.2, 0.25) is 0 Å². The summed E-state index contributed by atoms with van der Waals surface area (Å²) in [7, 11) is 0. The van der Waals surface area contributed by atoms with Crippen LogP contribution in [0.4, 0.5) is 13.2 Å². The zero-order chi connectivity index (χ0) is 12.2. The van der Waals surface area contributed by atoms with Crippen LogP contribution in [-0.4, -0.2) is 45.6 Å². The van der Waals surface area contributed by atoms with Gasteiger partial charge in [0.1, 0.15) is 6.54 Å². The molecule has 0 saturated heterocycles. The van der Waals surface area contributed by atoms with Gasteiger partial charge >= 0.3 is 6.18 Å². The number of rotatable bonds is 4. The van der Waals surface area contributed by atoms with E-state index in [-0.39, 0.29) is 17.4 Å². The Kier molecular flexibility index (Phi) is 4.34. The van der Waals surface area contributed by atoms with Crippen LogP contribution in [0.3, 0.4) is 0 Å². The Hall–Kier alpha value is -1.05. The van der Waals surface area contributed by atoms with Gasteiger partial charge < -0.3 is 4.90 Å². The van der Waals surface area contributed by atoms with Crippen molar-refractivity contribution in [2.75, 3.05) is 18.4 Å². The average molecular weight is 300 g/mol. The number of H-pyrrole nitrogens is 1. The number of alkyl halides is 4. The summed E-state index contributed by atoms with van der Waals surface area (Å²) in [4.78, 5) is 12.3. The standard InChI is InChI=1S/C8H9BrF3N3O/c9-1-2-15(5-8(10,11)12)7(16)6-3-13-14-4-6/h3-4H,1-2,5H2,(H,13,14). The van der Waals surface area contributed by atoms with Crippen molar-refractivity contribution in [2.45, 2.75) is 6.18 Å². The van der Waals surface area contributed by atoms with Gasteiger partial charge in [-0.1, -0.05) is 15.9 Å². The molecular weight excluding hydrogens is 291 g/mol. The summed E-state index contributed by atoms with van der Waals surface area (Å²) in [5, 5.41) is 6.18. The van der Waals surface area contributed by atoms with E-state index in [4.69, 9.17) is 0 Å². The minimum atomic E-state index is -4.40. The van der Waals surface area contributed by atoms with Gasteiger partial charge in [-0.2, -0.15) is 18.3 Å². The van der Waals surface area contributed by atoms with Crippen LogP contribution in [0.15, 0.2) is 12.4 Å². The first-order chi connectivity index (χ1) is 7.44. The second-order valence-electron chi connectivity index (χ2n) is 3.02. The van der Waals surface area contributed by atoms with E-state index in [2.05, 4.69) is 26.1 Å². The summed E-state index contributed by atoms with van der Waals surface area (Å²) in [5.41, 5.74) is 0.116. The van der Waals surface area contributed by atoms with Crippen molar-refractivity contribution in [2.24, 2.45) is 0 Å². The first-order valence-electron chi connectivity index (χ1n) is 4.35. The third-order valence-corrected chi connectivity index (χ3v) is 2.11.